The molecule has 0 aliphatic heterocycles. The summed E-state index contributed by atoms with van der Waals surface area (Å²) in [6, 6.07) is 4.08. The molecule has 0 bridgehead atoms. The quantitative estimate of drug-likeness (QED) is 0.234. The van der Waals surface area contributed by atoms with Gasteiger partial charge in [-0.3, -0.25) is 0 Å². The Bertz CT molecular complexity index is 238. The normalized spacial score (nSPS) is 9.09. The van der Waals surface area contributed by atoms with Crippen LogP contribution in [0.2, 0.25) is 0 Å². The van der Waals surface area contributed by atoms with E-state index in [1.807, 2.05) is 11.4 Å². The molecule has 1 heterocycles. The third-order valence-corrected chi connectivity index (χ3v) is 3.11. The summed E-state index contributed by atoms with van der Waals surface area (Å²) in [5.41, 5.74) is 7.98. The number of nitrogens with zero attached hydrogens (tertiary/aromatic N) is 3. The zero-order valence-electron chi connectivity index (χ0n) is 5.80. The summed E-state index contributed by atoms with van der Waals surface area (Å²) in [5.74, 6) is 0.866. The standard InChI is InChI=1S/C6H7N3S2/c7-9-8-3-5-11-6-2-1-4-10-6/h1-2,4H,3,5H2. The second-order valence-corrected chi connectivity index (χ2v) is 4.08. The predicted octanol–water partition coefficient (Wildman–Crippen LogP) is 3.15. The molecular formula is C6H7N3S2. The van der Waals surface area contributed by atoms with Crippen molar-refractivity contribution in [3.05, 3.63) is 28.0 Å². The minimum atomic E-state index is 0.569. The van der Waals surface area contributed by atoms with Gasteiger partial charge in [0.2, 0.25) is 0 Å². The molecule has 0 amide bonds. The van der Waals surface area contributed by atoms with Gasteiger partial charge in [-0.25, -0.2) is 0 Å². The van der Waals surface area contributed by atoms with Gasteiger partial charge in [-0.1, -0.05) is 11.2 Å². The molecule has 1 aromatic heterocycles. The molecule has 0 atom stereocenters. The summed E-state index contributed by atoms with van der Waals surface area (Å²) < 4.78 is 1.28. The zero-order valence-corrected chi connectivity index (χ0v) is 7.44. The molecule has 0 saturated heterocycles. The van der Waals surface area contributed by atoms with Gasteiger partial charge < -0.3 is 0 Å². The summed E-state index contributed by atoms with van der Waals surface area (Å²) in [6.45, 7) is 0.569. The van der Waals surface area contributed by atoms with Crippen LogP contribution in [0, 0.1) is 0 Å². The molecule has 1 aromatic rings. The molecule has 11 heavy (non-hydrogen) atoms. The predicted molar refractivity (Wildman–Crippen MR) is 49.1 cm³/mol. The van der Waals surface area contributed by atoms with E-state index in [2.05, 4.69) is 16.1 Å². The van der Waals surface area contributed by atoms with Crippen molar-refractivity contribution in [2.24, 2.45) is 5.11 Å². The smallest absolute Gasteiger partial charge is 0.0598 e. The molecular weight excluding hydrogens is 178 g/mol. The minimum Gasteiger partial charge on any atom is -0.137 e. The highest BCUT2D eigenvalue weighted by Gasteiger charge is 1.91. The van der Waals surface area contributed by atoms with E-state index in [9.17, 15) is 0 Å². The van der Waals surface area contributed by atoms with Gasteiger partial charge in [0.1, 0.15) is 0 Å². The molecule has 0 fully saturated rings. The molecule has 0 N–H and O–H groups in total. The first-order valence-corrected chi connectivity index (χ1v) is 4.97. The van der Waals surface area contributed by atoms with Crippen molar-refractivity contribution >= 4 is 23.1 Å². The van der Waals surface area contributed by atoms with Gasteiger partial charge in [0.15, 0.2) is 0 Å². The van der Waals surface area contributed by atoms with Crippen LogP contribution in [-0.4, -0.2) is 12.3 Å². The van der Waals surface area contributed by atoms with Crippen molar-refractivity contribution < 1.29 is 0 Å². The van der Waals surface area contributed by atoms with Crippen LogP contribution < -0.4 is 0 Å². The monoisotopic (exact) mass is 185 g/mol. The highest BCUT2D eigenvalue weighted by molar-refractivity contribution is 8.01. The molecule has 0 unspecified atom stereocenters. The number of azide groups is 1. The van der Waals surface area contributed by atoms with Crippen LogP contribution in [0.15, 0.2) is 26.8 Å². The lowest BCUT2D eigenvalue weighted by atomic mass is 10.7. The van der Waals surface area contributed by atoms with Gasteiger partial charge in [0.25, 0.3) is 0 Å². The highest BCUT2D eigenvalue weighted by atomic mass is 32.2. The Kier molecular flexibility index (Phi) is 3.90. The molecule has 0 aliphatic carbocycles. The van der Waals surface area contributed by atoms with Gasteiger partial charge in [-0.05, 0) is 17.0 Å². The van der Waals surface area contributed by atoms with E-state index in [1.54, 1.807) is 23.1 Å². The van der Waals surface area contributed by atoms with E-state index in [4.69, 9.17) is 5.53 Å². The number of thioether (sulfide) groups is 1. The second-order valence-electron chi connectivity index (χ2n) is 1.74. The maximum atomic E-state index is 7.98. The number of thiophene rings is 1. The van der Waals surface area contributed by atoms with E-state index in [-0.39, 0.29) is 0 Å². The van der Waals surface area contributed by atoms with Crippen molar-refractivity contribution in [3.63, 3.8) is 0 Å². The second kappa shape index (κ2) is 5.07. The van der Waals surface area contributed by atoms with Crippen LogP contribution in [0.4, 0.5) is 0 Å². The zero-order chi connectivity index (χ0) is 7.94. The van der Waals surface area contributed by atoms with Crippen molar-refractivity contribution in [2.45, 2.75) is 4.21 Å². The Balaban J connectivity index is 2.18. The molecule has 5 heteroatoms. The number of rotatable bonds is 4. The SMILES string of the molecule is [N-]=[N+]=NCCSc1cccs1. The van der Waals surface area contributed by atoms with Crippen molar-refractivity contribution in [2.75, 3.05) is 12.3 Å². The lowest BCUT2D eigenvalue weighted by Crippen LogP contribution is -1.80. The third-order valence-electron chi connectivity index (χ3n) is 0.994. The van der Waals surface area contributed by atoms with E-state index in [0.717, 1.165) is 5.75 Å². The minimum absolute atomic E-state index is 0.569. The van der Waals surface area contributed by atoms with Crippen molar-refractivity contribution in [1.82, 2.24) is 0 Å². The molecule has 0 aliphatic rings. The van der Waals surface area contributed by atoms with Crippen molar-refractivity contribution in [3.8, 4) is 0 Å². The molecule has 0 saturated carbocycles. The van der Waals surface area contributed by atoms with Crippen LogP contribution in [0.5, 0.6) is 0 Å². The summed E-state index contributed by atoms with van der Waals surface area (Å²) >= 11 is 3.43. The van der Waals surface area contributed by atoms with Crippen LogP contribution >= 0.6 is 23.1 Å². The molecule has 3 nitrogen and oxygen atoms in total. The van der Waals surface area contributed by atoms with Gasteiger partial charge in [0, 0.05) is 17.2 Å². The van der Waals surface area contributed by atoms with Gasteiger partial charge in [-0.2, -0.15) is 0 Å². The van der Waals surface area contributed by atoms with Gasteiger partial charge in [0.05, 0.1) is 4.21 Å². The van der Waals surface area contributed by atoms with Crippen LogP contribution in [0.25, 0.3) is 10.4 Å². The highest BCUT2D eigenvalue weighted by Crippen LogP contribution is 2.22. The van der Waals surface area contributed by atoms with E-state index >= 15 is 0 Å². The fraction of sp³-hybridized carbons (Fsp3) is 0.333. The summed E-state index contributed by atoms with van der Waals surface area (Å²) in [7, 11) is 0. The Morgan fingerprint density at radius 1 is 1.73 bits per heavy atom. The van der Waals surface area contributed by atoms with Gasteiger partial charge in [-0.15, -0.1) is 23.1 Å². The first-order valence-electron chi connectivity index (χ1n) is 3.10. The topological polar surface area (TPSA) is 48.8 Å². The van der Waals surface area contributed by atoms with Crippen LogP contribution in [0.1, 0.15) is 0 Å². The van der Waals surface area contributed by atoms with Gasteiger partial charge >= 0.3 is 0 Å². The fourth-order valence-corrected chi connectivity index (χ4v) is 2.26. The van der Waals surface area contributed by atoms with Crippen molar-refractivity contribution in [1.29, 1.82) is 0 Å². The lowest BCUT2D eigenvalue weighted by molar-refractivity contribution is 1.12. The molecule has 1 rings (SSSR count). The number of hydrogen-bond acceptors (Lipinski definition) is 3. The maximum absolute atomic E-state index is 7.98. The Hall–Kier alpha value is -0.640. The van der Waals surface area contributed by atoms with E-state index in [0.29, 0.717) is 6.54 Å². The third kappa shape index (κ3) is 3.32. The van der Waals surface area contributed by atoms with E-state index < -0.39 is 0 Å². The molecule has 58 valence electrons. The summed E-state index contributed by atoms with van der Waals surface area (Å²) in [6.07, 6.45) is 0. The summed E-state index contributed by atoms with van der Waals surface area (Å²) in [4.78, 5) is 2.67. The van der Waals surface area contributed by atoms with Crippen LogP contribution in [-0.2, 0) is 0 Å². The Morgan fingerprint density at radius 2 is 2.64 bits per heavy atom. The average Bonchev–Trinajstić information content (AvgIpc) is 2.50. The average molecular weight is 185 g/mol. The Morgan fingerprint density at radius 3 is 3.27 bits per heavy atom. The first kappa shape index (κ1) is 8.46. The first-order chi connectivity index (χ1) is 5.43. The Labute approximate surface area is 73.1 Å². The maximum Gasteiger partial charge on any atom is 0.0598 e. The van der Waals surface area contributed by atoms with E-state index in [1.165, 1.54) is 4.21 Å². The largest absolute Gasteiger partial charge is 0.137 e. The lowest BCUT2D eigenvalue weighted by Gasteiger charge is -1.90. The number of hydrogen-bond donors (Lipinski definition) is 0. The summed E-state index contributed by atoms with van der Waals surface area (Å²) in [5, 5.41) is 5.47. The molecule has 0 aromatic carbocycles. The van der Waals surface area contributed by atoms with Crippen LogP contribution in [0.3, 0.4) is 0 Å². The fourth-order valence-electron chi connectivity index (χ4n) is 0.577. The molecule has 0 spiro atoms. The molecule has 0 radical (unpaired) electrons.